The molecule has 1 heterocycles. The Morgan fingerprint density at radius 3 is 2.43 bits per heavy atom. The highest BCUT2D eigenvalue weighted by Crippen LogP contribution is 2.21. The van der Waals surface area contributed by atoms with E-state index in [0.29, 0.717) is 32.3 Å². The maximum Gasteiger partial charge on any atom is 0.328 e. The van der Waals surface area contributed by atoms with Crippen LogP contribution in [-0.4, -0.2) is 68.4 Å². The molecule has 170 valence electrons. The molecule has 0 saturated carbocycles. The summed E-state index contributed by atoms with van der Waals surface area (Å²) >= 11 is 0. The first-order chi connectivity index (χ1) is 13.8. The molecule has 1 aromatic carbocycles. The van der Waals surface area contributed by atoms with Gasteiger partial charge in [0.15, 0.2) is 5.96 Å². The molecule has 0 aromatic heterocycles. The second-order valence-corrected chi connectivity index (χ2v) is 7.88. The van der Waals surface area contributed by atoms with Crippen LogP contribution in [0, 0.1) is 5.82 Å². The number of halogens is 2. The first kappa shape index (κ1) is 26.6. The minimum atomic E-state index is -0.539. The van der Waals surface area contributed by atoms with E-state index in [1.807, 2.05) is 39.8 Å². The third-order valence-corrected chi connectivity index (χ3v) is 4.33. The van der Waals surface area contributed by atoms with Crippen LogP contribution in [0.4, 0.5) is 4.39 Å². The van der Waals surface area contributed by atoms with E-state index in [1.54, 1.807) is 0 Å². The molecule has 1 aliphatic heterocycles. The van der Waals surface area contributed by atoms with Crippen LogP contribution in [-0.2, 0) is 14.3 Å². The number of hydrogen-bond acceptors (Lipinski definition) is 5. The Balaban J connectivity index is 0.00000450. The van der Waals surface area contributed by atoms with Crippen molar-refractivity contribution in [1.82, 2.24) is 15.5 Å². The Labute approximate surface area is 195 Å². The molecule has 1 unspecified atom stereocenters. The van der Waals surface area contributed by atoms with E-state index in [-0.39, 0.29) is 48.3 Å². The summed E-state index contributed by atoms with van der Waals surface area (Å²) in [7, 11) is 0. The van der Waals surface area contributed by atoms with Crippen LogP contribution >= 0.6 is 24.0 Å². The van der Waals surface area contributed by atoms with Crippen LogP contribution in [0.25, 0.3) is 0 Å². The average molecular weight is 536 g/mol. The molecule has 1 atom stereocenters. The van der Waals surface area contributed by atoms with Crippen molar-refractivity contribution in [2.24, 2.45) is 4.99 Å². The minimum Gasteiger partial charge on any atom is -0.459 e. The fraction of sp³-hybridized carbons (Fsp3) is 0.619. The summed E-state index contributed by atoms with van der Waals surface area (Å²) < 4.78 is 24.2. The molecule has 0 bridgehead atoms. The van der Waals surface area contributed by atoms with Gasteiger partial charge in [-0.15, -0.1) is 24.0 Å². The van der Waals surface area contributed by atoms with Gasteiger partial charge in [-0.3, -0.25) is 9.69 Å². The molecule has 30 heavy (non-hydrogen) atoms. The lowest BCUT2D eigenvalue weighted by Crippen LogP contribution is -2.46. The Kier molecular flexibility index (Phi) is 11.6. The van der Waals surface area contributed by atoms with E-state index in [0.717, 1.165) is 18.7 Å². The molecule has 0 aliphatic carbocycles. The molecular weight excluding hydrogens is 502 g/mol. The Bertz CT molecular complexity index is 674. The largest absolute Gasteiger partial charge is 0.459 e. The highest BCUT2D eigenvalue weighted by molar-refractivity contribution is 14.0. The van der Waals surface area contributed by atoms with E-state index < -0.39 is 5.60 Å². The summed E-state index contributed by atoms with van der Waals surface area (Å²) in [5.41, 5.74) is 0.478. The lowest BCUT2D eigenvalue weighted by atomic mass is 10.0. The summed E-state index contributed by atoms with van der Waals surface area (Å²) in [5, 5.41) is 6.45. The van der Waals surface area contributed by atoms with Gasteiger partial charge < -0.3 is 20.1 Å². The molecule has 0 amide bonds. The molecule has 0 spiro atoms. The summed E-state index contributed by atoms with van der Waals surface area (Å²) in [4.78, 5) is 18.6. The summed E-state index contributed by atoms with van der Waals surface area (Å²) in [6, 6.07) is 6.60. The molecule has 1 saturated heterocycles. The fourth-order valence-electron chi connectivity index (χ4n) is 3.08. The molecule has 2 rings (SSSR count). The molecule has 1 aliphatic rings. The van der Waals surface area contributed by atoms with E-state index in [9.17, 15) is 9.18 Å². The number of guanidine groups is 1. The Hall–Kier alpha value is -1.46. The molecule has 1 fully saturated rings. The number of morpholine rings is 1. The molecular formula is C21H34FIN4O3. The van der Waals surface area contributed by atoms with Crippen LogP contribution < -0.4 is 10.6 Å². The second-order valence-electron chi connectivity index (χ2n) is 7.88. The van der Waals surface area contributed by atoms with Crippen molar-refractivity contribution in [2.75, 3.05) is 45.9 Å². The molecule has 0 radical (unpaired) electrons. The van der Waals surface area contributed by atoms with Gasteiger partial charge in [-0.2, -0.15) is 0 Å². The lowest BCUT2D eigenvalue weighted by Gasteiger charge is -2.35. The first-order valence-corrected chi connectivity index (χ1v) is 10.1. The van der Waals surface area contributed by atoms with Gasteiger partial charge in [-0.25, -0.2) is 9.38 Å². The van der Waals surface area contributed by atoms with Crippen LogP contribution in [0.15, 0.2) is 29.3 Å². The van der Waals surface area contributed by atoms with Crippen molar-refractivity contribution in [1.29, 1.82) is 0 Å². The maximum atomic E-state index is 13.4. The predicted molar refractivity (Wildman–Crippen MR) is 127 cm³/mol. The molecule has 2 N–H and O–H groups in total. The van der Waals surface area contributed by atoms with Crippen LogP contribution in [0.3, 0.4) is 0 Å². The van der Waals surface area contributed by atoms with E-state index in [2.05, 4.69) is 20.5 Å². The van der Waals surface area contributed by atoms with E-state index in [4.69, 9.17) is 9.47 Å². The highest BCUT2D eigenvalue weighted by Gasteiger charge is 2.23. The quantitative estimate of drug-likeness (QED) is 0.242. The summed E-state index contributed by atoms with van der Waals surface area (Å²) in [6.07, 6.45) is 0. The smallest absolute Gasteiger partial charge is 0.328 e. The van der Waals surface area contributed by atoms with Crippen LogP contribution in [0.5, 0.6) is 0 Å². The topological polar surface area (TPSA) is 75.2 Å². The van der Waals surface area contributed by atoms with Gasteiger partial charge in [0.1, 0.15) is 18.0 Å². The lowest BCUT2D eigenvalue weighted by molar-refractivity contribution is -0.152. The number of ether oxygens (including phenoxy) is 2. The van der Waals surface area contributed by atoms with Gasteiger partial charge >= 0.3 is 5.97 Å². The number of carbonyl (C=O) groups excluding carboxylic acids is 1. The number of aliphatic imine (C=N–C) groups is 1. The van der Waals surface area contributed by atoms with Crippen LogP contribution in [0.1, 0.15) is 39.3 Å². The number of benzene rings is 1. The fourth-order valence-corrected chi connectivity index (χ4v) is 3.08. The third-order valence-electron chi connectivity index (χ3n) is 4.33. The van der Waals surface area contributed by atoms with Gasteiger partial charge in [0.05, 0.1) is 19.3 Å². The van der Waals surface area contributed by atoms with Gasteiger partial charge in [-0.1, -0.05) is 12.1 Å². The Morgan fingerprint density at radius 1 is 1.23 bits per heavy atom. The van der Waals surface area contributed by atoms with Crippen molar-refractivity contribution >= 4 is 35.9 Å². The van der Waals surface area contributed by atoms with Gasteiger partial charge in [0.25, 0.3) is 0 Å². The number of esters is 1. The number of nitrogens with zero attached hydrogens (tertiary/aromatic N) is 2. The maximum absolute atomic E-state index is 13.4. The molecule has 7 nitrogen and oxygen atoms in total. The van der Waals surface area contributed by atoms with Gasteiger partial charge in [0.2, 0.25) is 0 Å². The number of hydrogen-bond donors (Lipinski definition) is 2. The average Bonchev–Trinajstić information content (AvgIpc) is 2.67. The van der Waals surface area contributed by atoms with Crippen molar-refractivity contribution < 1.29 is 18.7 Å². The molecule has 1 aromatic rings. The monoisotopic (exact) mass is 536 g/mol. The summed E-state index contributed by atoms with van der Waals surface area (Å²) in [5.74, 6) is -0.0913. The minimum absolute atomic E-state index is 0. The van der Waals surface area contributed by atoms with Gasteiger partial charge in [-0.05, 0) is 45.4 Å². The molecule has 9 heteroatoms. The number of nitrogens with one attached hydrogen (secondary N) is 2. The van der Waals surface area contributed by atoms with E-state index in [1.165, 1.54) is 12.1 Å². The van der Waals surface area contributed by atoms with Crippen molar-refractivity contribution in [3.8, 4) is 0 Å². The predicted octanol–water partition coefficient (Wildman–Crippen LogP) is 2.71. The van der Waals surface area contributed by atoms with Crippen molar-refractivity contribution in [2.45, 2.75) is 39.3 Å². The summed E-state index contributed by atoms with van der Waals surface area (Å²) in [6.45, 7) is 11.6. The van der Waals surface area contributed by atoms with Crippen molar-refractivity contribution in [3.63, 3.8) is 0 Å². The van der Waals surface area contributed by atoms with E-state index >= 15 is 0 Å². The Morgan fingerprint density at radius 2 is 1.87 bits per heavy atom. The van der Waals surface area contributed by atoms with Gasteiger partial charge in [0, 0.05) is 26.2 Å². The SMILES string of the molecule is CCNC(=NCC(=O)OC(C)(C)C)NCC(c1ccc(F)cc1)N1CCOCC1.I. The first-order valence-electron chi connectivity index (χ1n) is 10.1. The zero-order chi connectivity index (χ0) is 21.3. The van der Waals surface area contributed by atoms with Crippen molar-refractivity contribution in [3.05, 3.63) is 35.6 Å². The number of rotatable bonds is 7. The normalized spacial score (nSPS) is 16.4. The zero-order valence-corrected chi connectivity index (χ0v) is 20.6. The second kappa shape index (κ2) is 13.1. The third kappa shape index (κ3) is 9.57. The zero-order valence-electron chi connectivity index (χ0n) is 18.2. The standard InChI is InChI=1S/C21H33FN4O3.HI/c1-5-23-20(25-15-19(27)29-21(2,3)4)24-14-18(26-10-12-28-13-11-26)16-6-8-17(22)9-7-16;/h6-9,18H,5,10-15H2,1-4H3,(H2,23,24,25);1H. The van der Waals surface area contributed by atoms with Crippen LogP contribution in [0.2, 0.25) is 0 Å². The number of carbonyl (C=O) groups is 1. The highest BCUT2D eigenvalue weighted by atomic mass is 127.